The van der Waals surface area contributed by atoms with Crippen molar-refractivity contribution in [1.29, 1.82) is 0 Å². The summed E-state index contributed by atoms with van der Waals surface area (Å²) in [6.45, 7) is 1.90. The van der Waals surface area contributed by atoms with Gasteiger partial charge in [-0.25, -0.2) is 22.5 Å². The number of nitrogens with zero attached hydrogens (tertiary/aromatic N) is 2. The number of rotatable bonds is 6. The molecule has 1 N–H and O–H groups in total. The predicted octanol–water partition coefficient (Wildman–Crippen LogP) is 4.25. The van der Waals surface area contributed by atoms with E-state index < -0.39 is 21.7 Å². The maximum absolute atomic E-state index is 13.5. The highest BCUT2D eigenvalue weighted by atomic mass is 35.5. The van der Waals surface area contributed by atoms with Gasteiger partial charge >= 0.3 is 0 Å². The number of thiazole rings is 1. The number of hydrogen-bond acceptors (Lipinski definition) is 6. The van der Waals surface area contributed by atoms with Crippen LogP contribution in [0.4, 0.5) is 15.2 Å². The molecule has 0 radical (unpaired) electrons. The van der Waals surface area contributed by atoms with Crippen molar-refractivity contribution in [2.75, 3.05) is 11.2 Å². The summed E-state index contributed by atoms with van der Waals surface area (Å²) in [5.41, 5.74) is 2.04. The Hall–Kier alpha value is -2.93. The van der Waals surface area contributed by atoms with E-state index >= 15 is 0 Å². The number of carbonyl (C=O) groups excluding carboxylic acids is 1. The van der Waals surface area contributed by atoms with Crippen LogP contribution in [0.2, 0.25) is 5.02 Å². The number of amides is 1. The van der Waals surface area contributed by atoms with Crippen LogP contribution in [-0.2, 0) is 16.6 Å². The molecule has 0 spiro atoms. The third-order valence-corrected chi connectivity index (χ3v) is 6.10. The van der Waals surface area contributed by atoms with Crippen LogP contribution in [0.1, 0.15) is 26.5 Å². The molecule has 10 heteroatoms. The molecule has 0 saturated heterocycles. The predicted molar refractivity (Wildman–Crippen MR) is 121 cm³/mol. The van der Waals surface area contributed by atoms with Gasteiger partial charge in [-0.1, -0.05) is 23.6 Å². The summed E-state index contributed by atoms with van der Waals surface area (Å²) in [5.74, 6) is 1.27. The average Bonchev–Trinajstić information content (AvgIpc) is 3.08. The number of benzene rings is 2. The average molecular weight is 478 g/mol. The molecule has 2 aromatic carbocycles. The van der Waals surface area contributed by atoms with Gasteiger partial charge in [-0.15, -0.1) is 17.8 Å². The van der Waals surface area contributed by atoms with Crippen LogP contribution in [0.3, 0.4) is 0 Å². The van der Waals surface area contributed by atoms with Crippen LogP contribution in [0.5, 0.6) is 0 Å². The topological polar surface area (TPSA) is 79.4 Å². The van der Waals surface area contributed by atoms with Gasteiger partial charge in [-0.05, 0) is 48.9 Å². The molecule has 31 heavy (non-hydrogen) atoms. The van der Waals surface area contributed by atoms with Gasteiger partial charge in [0.25, 0.3) is 5.91 Å². The number of terminal acetylenes is 1. The van der Waals surface area contributed by atoms with E-state index in [1.54, 1.807) is 42.2 Å². The molecule has 1 amide bonds. The normalized spacial score (nSPS) is 11.1. The Morgan fingerprint density at radius 2 is 1.97 bits per heavy atom. The first-order valence-electron chi connectivity index (χ1n) is 8.85. The van der Waals surface area contributed by atoms with Crippen molar-refractivity contribution < 1.29 is 17.6 Å². The summed E-state index contributed by atoms with van der Waals surface area (Å²) in [5, 5.41) is 0.679. The fourth-order valence-electron chi connectivity index (χ4n) is 2.75. The number of hydrogen-bond donors (Lipinski definition) is 1. The fourth-order valence-corrected chi connectivity index (χ4v) is 4.34. The first-order chi connectivity index (χ1) is 14.6. The smallest absolute Gasteiger partial charge is 0.284 e. The van der Waals surface area contributed by atoms with Crippen molar-refractivity contribution in [3.05, 3.63) is 75.0 Å². The summed E-state index contributed by atoms with van der Waals surface area (Å²) in [7, 11) is -3.74. The van der Waals surface area contributed by atoms with Crippen molar-refractivity contribution >= 4 is 49.7 Å². The largest absolute Gasteiger partial charge is 0.313 e. The summed E-state index contributed by atoms with van der Waals surface area (Å²) < 4.78 is 38.3. The lowest BCUT2D eigenvalue weighted by Crippen LogP contribution is -2.30. The van der Waals surface area contributed by atoms with Gasteiger partial charge < -0.3 is 4.90 Å². The number of aromatic nitrogens is 1. The van der Waals surface area contributed by atoms with E-state index in [0.29, 0.717) is 26.8 Å². The summed E-state index contributed by atoms with van der Waals surface area (Å²) >= 11 is 7.43. The van der Waals surface area contributed by atoms with E-state index in [4.69, 9.17) is 18.0 Å². The third kappa shape index (κ3) is 5.61. The van der Waals surface area contributed by atoms with Gasteiger partial charge in [-0.2, -0.15) is 0 Å². The number of aryl methyl sites for hydroxylation is 1. The molecule has 1 heterocycles. The molecule has 6 nitrogen and oxygen atoms in total. The third-order valence-electron chi connectivity index (χ3n) is 4.20. The molecule has 3 aromatic rings. The van der Waals surface area contributed by atoms with Crippen LogP contribution in [0.25, 0.3) is 0 Å². The summed E-state index contributed by atoms with van der Waals surface area (Å²) in [4.78, 5) is 19.0. The zero-order valence-corrected chi connectivity index (χ0v) is 18.9. The lowest BCUT2D eigenvalue weighted by Gasteiger charge is -2.23. The zero-order valence-electron chi connectivity index (χ0n) is 16.5. The number of nitrogens with one attached hydrogen (secondary N) is 1. The molecular weight excluding hydrogens is 461 g/mol. The van der Waals surface area contributed by atoms with E-state index in [1.807, 2.05) is 4.72 Å². The van der Waals surface area contributed by atoms with Crippen molar-refractivity contribution in [3.63, 3.8) is 0 Å². The van der Waals surface area contributed by atoms with Gasteiger partial charge in [0.1, 0.15) is 11.5 Å². The first-order valence-corrected chi connectivity index (χ1v) is 11.9. The van der Waals surface area contributed by atoms with E-state index in [0.717, 1.165) is 6.26 Å². The van der Waals surface area contributed by atoms with Gasteiger partial charge in [0.2, 0.25) is 10.0 Å². The molecule has 160 valence electrons. The van der Waals surface area contributed by atoms with E-state index in [1.165, 1.54) is 23.5 Å². The molecule has 1 aromatic heterocycles. The molecule has 0 fully saturated rings. The molecule has 0 aliphatic heterocycles. The minimum Gasteiger partial charge on any atom is -0.313 e. The highest BCUT2D eigenvalue weighted by molar-refractivity contribution is 7.89. The number of carbonyl (C=O) groups is 1. The van der Waals surface area contributed by atoms with E-state index in [9.17, 15) is 17.6 Å². The number of anilines is 2. The number of halogens is 2. The highest BCUT2D eigenvalue weighted by Crippen LogP contribution is 2.34. The quantitative estimate of drug-likeness (QED) is 0.537. The second kappa shape index (κ2) is 9.06. The molecule has 0 aliphatic carbocycles. The molecule has 0 atom stereocenters. The van der Waals surface area contributed by atoms with E-state index in [2.05, 4.69) is 10.9 Å². The molecule has 3 rings (SSSR count). The maximum atomic E-state index is 13.5. The van der Waals surface area contributed by atoms with Crippen molar-refractivity contribution in [3.8, 4) is 12.3 Å². The highest BCUT2D eigenvalue weighted by Gasteiger charge is 2.23. The fraction of sp³-hybridized carbons (Fsp3) is 0.143. The molecule has 0 unspecified atom stereocenters. The van der Waals surface area contributed by atoms with Gasteiger partial charge in [0.15, 0.2) is 5.13 Å². The Morgan fingerprint density at radius 1 is 1.29 bits per heavy atom. The minimum absolute atomic E-state index is 0.000808. The Balaban J connectivity index is 2.04. The second-order valence-corrected chi connectivity index (χ2v) is 9.95. The second-order valence-electron chi connectivity index (χ2n) is 6.62. The monoisotopic (exact) mass is 477 g/mol. The molecule has 0 aliphatic rings. The standard InChI is InChI=1S/C21H17ClFN3O3S2/c1-4-14-5-9-17(10-6-14)26(12-15-7-8-16(23)11-18(15)22)21-24-19(13(2)30-21)20(27)25-31(3,28)29/h1,5-11H,12H2,2-3H3,(H,25,27). The van der Waals surface area contributed by atoms with E-state index in [-0.39, 0.29) is 17.3 Å². The van der Waals surface area contributed by atoms with Gasteiger partial charge in [-0.3, -0.25) is 4.79 Å². The lowest BCUT2D eigenvalue weighted by molar-refractivity contribution is 0.0977. The van der Waals surface area contributed by atoms with Crippen LogP contribution < -0.4 is 9.62 Å². The maximum Gasteiger partial charge on any atom is 0.284 e. The van der Waals surface area contributed by atoms with Crippen molar-refractivity contribution in [2.45, 2.75) is 13.5 Å². The first kappa shape index (κ1) is 22.7. The summed E-state index contributed by atoms with van der Waals surface area (Å²) in [6.07, 6.45) is 6.32. The van der Waals surface area contributed by atoms with Crippen LogP contribution in [-0.4, -0.2) is 25.6 Å². The Morgan fingerprint density at radius 3 is 2.55 bits per heavy atom. The Kier molecular flexibility index (Phi) is 6.65. The molecular formula is C21H17ClFN3O3S2. The van der Waals surface area contributed by atoms with Crippen LogP contribution in [0.15, 0.2) is 42.5 Å². The Bertz CT molecular complexity index is 1280. The SMILES string of the molecule is C#Cc1ccc(N(Cc2ccc(F)cc2Cl)c2nc(C(=O)NS(C)(=O)=O)c(C)s2)cc1. The lowest BCUT2D eigenvalue weighted by atomic mass is 10.1. The van der Waals surface area contributed by atoms with Crippen LogP contribution in [0, 0.1) is 25.1 Å². The van der Waals surface area contributed by atoms with Gasteiger partial charge in [0.05, 0.1) is 12.8 Å². The molecule has 0 bridgehead atoms. The van der Waals surface area contributed by atoms with Crippen molar-refractivity contribution in [1.82, 2.24) is 9.71 Å². The Labute approximate surface area is 188 Å². The summed E-state index contributed by atoms with van der Waals surface area (Å²) in [6, 6.07) is 11.2. The number of sulfonamides is 1. The minimum atomic E-state index is -3.74. The zero-order chi connectivity index (χ0) is 22.8. The molecule has 0 saturated carbocycles. The van der Waals surface area contributed by atoms with Gasteiger partial charge in [0, 0.05) is 21.2 Å². The van der Waals surface area contributed by atoms with Crippen LogP contribution >= 0.6 is 22.9 Å². The van der Waals surface area contributed by atoms with Crippen molar-refractivity contribution in [2.24, 2.45) is 0 Å².